The van der Waals surface area contributed by atoms with Gasteiger partial charge >= 0.3 is 0 Å². The summed E-state index contributed by atoms with van der Waals surface area (Å²) in [6.07, 6.45) is 0.841. The molecule has 0 unspecified atom stereocenters. The molecule has 0 aliphatic carbocycles. The van der Waals surface area contributed by atoms with Crippen LogP contribution in [0.3, 0.4) is 0 Å². The zero-order chi connectivity index (χ0) is 12.9. The van der Waals surface area contributed by atoms with E-state index >= 15 is 0 Å². The molecule has 0 fully saturated rings. The Bertz CT molecular complexity index is 738. The first-order chi connectivity index (χ1) is 8.63. The van der Waals surface area contributed by atoms with E-state index in [9.17, 15) is 0 Å². The van der Waals surface area contributed by atoms with Crippen LogP contribution in [0.25, 0.3) is 16.8 Å². The maximum atomic E-state index is 5.66. The van der Waals surface area contributed by atoms with Gasteiger partial charge in [-0.1, -0.05) is 6.07 Å². The van der Waals surface area contributed by atoms with Crippen molar-refractivity contribution in [2.75, 3.05) is 6.54 Å². The van der Waals surface area contributed by atoms with Crippen LogP contribution >= 0.6 is 15.9 Å². The van der Waals surface area contributed by atoms with Gasteiger partial charge in [-0.15, -0.1) is 0 Å². The topological polar surface area (TPSA) is 48.2 Å². The van der Waals surface area contributed by atoms with E-state index in [2.05, 4.69) is 55.0 Å². The summed E-state index contributed by atoms with van der Waals surface area (Å²) in [7, 11) is 2.03. The molecule has 0 spiro atoms. The number of hydrogen-bond acceptors (Lipinski definition) is 2. The van der Waals surface area contributed by atoms with E-state index < -0.39 is 0 Å². The number of halogens is 1. The number of benzene rings is 1. The molecule has 4 nitrogen and oxygen atoms in total. The van der Waals surface area contributed by atoms with Gasteiger partial charge in [0.25, 0.3) is 0 Å². The van der Waals surface area contributed by atoms with Crippen LogP contribution in [-0.4, -0.2) is 20.5 Å². The summed E-state index contributed by atoms with van der Waals surface area (Å²) in [5.74, 6) is 0.950. The number of aromatic nitrogens is 3. The van der Waals surface area contributed by atoms with Crippen LogP contribution in [0.15, 0.2) is 22.8 Å². The minimum atomic E-state index is 0.635. The summed E-state index contributed by atoms with van der Waals surface area (Å²) in [6, 6.07) is 6.31. The summed E-state index contributed by atoms with van der Waals surface area (Å²) in [5, 5.41) is 0. The van der Waals surface area contributed by atoms with Crippen molar-refractivity contribution >= 4 is 32.7 Å². The van der Waals surface area contributed by atoms with E-state index in [0.29, 0.717) is 6.54 Å². The molecule has 18 heavy (non-hydrogen) atoms. The van der Waals surface area contributed by atoms with Crippen molar-refractivity contribution < 1.29 is 0 Å². The molecule has 0 bridgehead atoms. The first kappa shape index (κ1) is 11.7. The minimum absolute atomic E-state index is 0.635. The quantitative estimate of drug-likeness (QED) is 0.790. The lowest BCUT2D eigenvalue weighted by Crippen LogP contribution is -2.07. The smallest absolute Gasteiger partial charge is 0.215 e. The fourth-order valence-electron chi connectivity index (χ4n) is 2.39. The molecule has 0 aliphatic rings. The number of rotatable bonds is 2. The van der Waals surface area contributed by atoms with E-state index in [1.54, 1.807) is 0 Å². The Morgan fingerprint density at radius 3 is 2.89 bits per heavy atom. The average molecular weight is 307 g/mol. The molecule has 2 N–H and O–H groups in total. The lowest BCUT2D eigenvalue weighted by atomic mass is 10.2. The monoisotopic (exact) mass is 306 g/mol. The zero-order valence-corrected chi connectivity index (χ0v) is 12.0. The van der Waals surface area contributed by atoms with Gasteiger partial charge in [0.15, 0.2) is 0 Å². The third-order valence-corrected chi connectivity index (χ3v) is 4.13. The third-order valence-electron chi connectivity index (χ3n) is 3.31. The zero-order valence-electron chi connectivity index (χ0n) is 10.4. The number of fused-ring (bicyclic) bond motifs is 3. The van der Waals surface area contributed by atoms with Crippen LogP contribution in [0.5, 0.6) is 0 Å². The Morgan fingerprint density at radius 2 is 2.17 bits per heavy atom. The van der Waals surface area contributed by atoms with Crippen molar-refractivity contribution in [1.29, 1.82) is 0 Å². The van der Waals surface area contributed by atoms with Crippen molar-refractivity contribution in [1.82, 2.24) is 14.0 Å². The first-order valence-corrected chi connectivity index (χ1v) is 6.74. The molecular weight excluding hydrogens is 292 g/mol. The summed E-state index contributed by atoms with van der Waals surface area (Å²) >= 11 is 3.68. The van der Waals surface area contributed by atoms with E-state index in [1.165, 1.54) is 11.3 Å². The number of nitrogens with zero attached hydrogens (tertiary/aromatic N) is 3. The number of nitrogens with two attached hydrogens (primary N) is 1. The summed E-state index contributed by atoms with van der Waals surface area (Å²) in [5.41, 5.74) is 10.2. The van der Waals surface area contributed by atoms with E-state index in [0.717, 1.165) is 27.8 Å². The summed E-state index contributed by atoms with van der Waals surface area (Å²) in [6.45, 7) is 2.73. The molecule has 3 rings (SSSR count). The highest BCUT2D eigenvalue weighted by Crippen LogP contribution is 2.27. The molecule has 3 aromatic rings. The second-order valence-corrected chi connectivity index (χ2v) is 5.33. The molecule has 1 aromatic carbocycles. The van der Waals surface area contributed by atoms with Gasteiger partial charge in [0.1, 0.15) is 4.60 Å². The maximum absolute atomic E-state index is 5.66. The fourth-order valence-corrected chi connectivity index (χ4v) is 3.20. The number of aryl methyl sites for hydroxylation is 2. The largest absolute Gasteiger partial charge is 0.330 e. The van der Waals surface area contributed by atoms with Crippen LogP contribution < -0.4 is 5.73 Å². The van der Waals surface area contributed by atoms with Gasteiger partial charge in [0.05, 0.1) is 16.7 Å². The molecule has 0 amide bonds. The molecule has 5 heteroatoms. The minimum Gasteiger partial charge on any atom is -0.330 e. The molecule has 0 aliphatic heterocycles. The number of imidazole rings is 2. The van der Waals surface area contributed by atoms with E-state index in [4.69, 9.17) is 5.73 Å². The Labute approximate surface area is 114 Å². The second kappa shape index (κ2) is 4.10. The van der Waals surface area contributed by atoms with Crippen molar-refractivity contribution in [3.05, 3.63) is 34.1 Å². The van der Waals surface area contributed by atoms with Crippen molar-refractivity contribution in [2.24, 2.45) is 12.8 Å². The highest BCUT2D eigenvalue weighted by molar-refractivity contribution is 9.10. The fraction of sp³-hybridized carbons (Fsp3) is 0.308. The van der Waals surface area contributed by atoms with Crippen LogP contribution in [0.2, 0.25) is 0 Å². The summed E-state index contributed by atoms with van der Waals surface area (Å²) in [4.78, 5) is 4.67. The molecule has 94 valence electrons. The number of hydrogen-bond donors (Lipinski definition) is 1. The summed E-state index contributed by atoms with van der Waals surface area (Å²) < 4.78 is 5.30. The van der Waals surface area contributed by atoms with Crippen LogP contribution in [0.4, 0.5) is 0 Å². The average Bonchev–Trinajstić information content (AvgIpc) is 2.81. The predicted octanol–water partition coefficient (Wildman–Crippen LogP) is 2.40. The Hall–Kier alpha value is -1.33. The molecule has 2 aromatic heterocycles. The molecular formula is C13H15BrN4. The molecule has 0 saturated heterocycles. The molecule has 0 radical (unpaired) electrons. The van der Waals surface area contributed by atoms with Gasteiger partial charge in [-0.3, -0.25) is 4.40 Å². The third kappa shape index (κ3) is 1.51. The highest BCUT2D eigenvalue weighted by atomic mass is 79.9. The standard InChI is InChI=1S/C13H15BrN4/c1-8-3-4-9-11(7-8)18-12(14)10(5-6-15)17(2)13(18)16-9/h3-4,7H,5-6,15H2,1-2H3. The van der Waals surface area contributed by atoms with E-state index in [1.807, 2.05) is 7.05 Å². The van der Waals surface area contributed by atoms with Crippen molar-refractivity contribution in [3.8, 4) is 0 Å². The SMILES string of the molecule is Cc1ccc2nc3n(C)c(CCN)c(Br)n3c2c1. The van der Waals surface area contributed by atoms with Crippen molar-refractivity contribution in [2.45, 2.75) is 13.3 Å². The molecule has 2 heterocycles. The lowest BCUT2D eigenvalue weighted by molar-refractivity contribution is 0.816. The van der Waals surface area contributed by atoms with Gasteiger partial charge in [0.2, 0.25) is 5.78 Å². The van der Waals surface area contributed by atoms with Gasteiger partial charge in [-0.05, 0) is 47.1 Å². The molecule has 0 atom stereocenters. The highest BCUT2D eigenvalue weighted by Gasteiger charge is 2.16. The van der Waals surface area contributed by atoms with Gasteiger partial charge in [-0.25, -0.2) is 4.98 Å². The van der Waals surface area contributed by atoms with E-state index in [-0.39, 0.29) is 0 Å². The second-order valence-electron chi connectivity index (χ2n) is 4.57. The molecule has 0 saturated carbocycles. The normalized spacial score (nSPS) is 11.8. The Morgan fingerprint density at radius 1 is 1.39 bits per heavy atom. The lowest BCUT2D eigenvalue weighted by Gasteiger charge is -2.01. The first-order valence-electron chi connectivity index (χ1n) is 5.95. The van der Waals surface area contributed by atoms with Crippen LogP contribution in [0.1, 0.15) is 11.3 Å². The van der Waals surface area contributed by atoms with Gasteiger partial charge in [0, 0.05) is 13.5 Å². The maximum Gasteiger partial charge on any atom is 0.215 e. The predicted molar refractivity (Wildman–Crippen MR) is 76.9 cm³/mol. The van der Waals surface area contributed by atoms with Crippen LogP contribution in [-0.2, 0) is 13.5 Å². The Kier molecular flexibility index (Phi) is 2.68. The van der Waals surface area contributed by atoms with Crippen LogP contribution in [0, 0.1) is 6.92 Å². The Balaban J connectivity index is 2.43. The van der Waals surface area contributed by atoms with Gasteiger partial charge in [-0.2, -0.15) is 0 Å². The van der Waals surface area contributed by atoms with Gasteiger partial charge < -0.3 is 10.3 Å². The van der Waals surface area contributed by atoms with Crippen molar-refractivity contribution in [3.63, 3.8) is 0 Å².